The van der Waals surface area contributed by atoms with Gasteiger partial charge in [0.25, 0.3) is 0 Å². The molecule has 0 saturated heterocycles. The van der Waals surface area contributed by atoms with E-state index in [0.29, 0.717) is 11.8 Å². The van der Waals surface area contributed by atoms with E-state index in [-0.39, 0.29) is 0 Å². The molecule has 0 atom stereocenters. The van der Waals surface area contributed by atoms with E-state index in [4.69, 9.17) is 4.74 Å². The Kier molecular flexibility index (Phi) is 4.96. The Hall–Kier alpha value is -0.660. The number of hydrogen-bond acceptors (Lipinski definition) is 5. The number of hydrogen-bond donors (Lipinski definition) is 1. The third-order valence-electron chi connectivity index (χ3n) is 2.19. The first-order valence-corrected chi connectivity index (χ1v) is 7.64. The van der Waals surface area contributed by atoms with Gasteiger partial charge < -0.3 is 10.1 Å². The Morgan fingerprint density at radius 2 is 2.22 bits per heavy atom. The summed E-state index contributed by atoms with van der Waals surface area (Å²) in [4.78, 5) is 9.72. The molecule has 2 aromatic rings. The highest BCUT2D eigenvalue weighted by atomic mass is 79.9. The van der Waals surface area contributed by atoms with E-state index in [2.05, 4.69) is 59.3 Å². The zero-order valence-corrected chi connectivity index (χ0v) is 13.6. The molecule has 7 heteroatoms. The zero-order chi connectivity index (χ0) is 13.0. The molecule has 0 spiro atoms. The SMILES string of the molecule is COc1nc(NCCc2ccc(Br)s2)ncc1Br. The van der Waals surface area contributed by atoms with Crippen LogP contribution in [0.3, 0.4) is 0 Å². The van der Waals surface area contributed by atoms with E-state index in [9.17, 15) is 0 Å². The van der Waals surface area contributed by atoms with Crippen LogP contribution < -0.4 is 10.1 Å². The van der Waals surface area contributed by atoms with Crippen LogP contribution >= 0.6 is 43.2 Å². The highest BCUT2D eigenvalue weighted by Crippen LogP contribution is 2.23. The maximum absolute atomic E-state index is 5.11. The molecular formula is C11H11Br2N3OS. The zero-order valence-electron chi connectivity index (χ0n) is 9.61. The third-order valence-corrected chi connectivity index (χ3v) is 4.42. The van der Waals surface area contributed by atoms with E-state index < -0.39 is 0 Å². The molecular weight excluding hydrogens is 382 g/mol. The lowest BCUT2D eigenvalue weighted by Crippen LogP contribution is -2.07. The first-order valence-electron chi connectivity index (χ1n) is 5.23. The van der Waals surface area contributed by atoms with E-state index in [1.807, 2.05) is 0 Å². The molecule has 2 rings (SSSR count). The summed E-state index contributed by atoms with van der Waals surface area (Å²) in [6.45, 7) is 0.789. The van der Waals surface area contributed by atoms with Crippen molar-refractivity contribution < 1.29 is 4.74 Å². The lowest BCUT2D eigenvalue weighted by atomic mass is 10.3. The molecule has 0 amide bonds. The summed E-state index contributed by atoms with van der Waals surface area (Å²) in [7, 11) is 1.58. The molecule has 0 aliphatic carbocycles. The number of ether oxygens (including phenoxy) is 1. The van der Waals surface area contributed by atoms with Gasteiger partial charge in [0, 0.05) is 11.4 Å². The molecule has 0 aliphatic heterocycles. The van der Waals surface area contributed by atoms with Crippen molar-refractivity contribution in [3.8, 4) is 5.88 Å². The fourth-order valence-electron chi connectivity index (χ4n) is 1.36. The fraction of sp³-hybridized carbons (Fsp3) is 0.273. The van der Waals surface area contributed by atoms with E-state index in [0.717, 1.165) is 21.2 Å². The van der Waals surface area contributed by atoms with Gasteiger partial charge in [-0.3, -0.25) is 0 Å². The summed E-state index contributed by atoms with van der Waals surface area (Å²) < 4.78 is 7.01. The van der Waals surface area contributed by atoms with Gasteiger partial charge in [-0.15, -0.1) is 11.3 Å². The maximum Gasteiger partial charge on any atom is 0.232 e. The maximum atomic E-state index is 5.11. The number of nitrogens with one attached hydrogen (secondary N) is 1. The van der Waals surface area contributed by atoms with Crippen molar-refractivity contribution in [2.75, 3.05) is 19.0 Å². The normalized spacial score (nSPS) is 10.4. The van der Waals surface area contributed by atoms with Crippen LogP contribution in [0, 0.1) is 0 Å². The number of nitrogens with zero attached hydrogens (tertiary/aromatic N) is 2. The van der Waals surface area contributed by atoms with Crippen molar-refractivity contribution in [2.24, 2.45) is 0 Å². The first kappa shape index (κ1) is 13.8. The van der Waals surface area contributed by atoms with Gasteiger partial charge in [-0.05, 0) is 50.4 Å². The van der Waals surface area contributed by atoms with Crippen molar-refractivity contribution in [1.29, 1.82) is 0 Å². The monoisotopic (exact) mass is 391 g/mol. The standard InChI is InChI=1S/C11H11Br2N3OS/c1-17-10-8(12)6-15-11(16-10)14-5-4-7-2-3-9(13)18-7/h2-3,6H,4-5H2,1H3,(H,14,15,16). The smallest absolute Gasteiger partial charge is 0.232 e. The van der Waals surface area contributed by atoms with Crippen LogP contribution in [0.4, 0.5) is 5.95 Å². The van der Waals surface area contributed by atoms with E-state index in [1.54, 1.807) is 24.6 Å². The van der Waals surface area contributed by atoms with Gasteiger partial charge in [0.1, 0.15) is 0 Å². The second kappa shape index (κ2) is 6.49. The van der Waals surface area contributed by atoms with Crippen molar-refractivity contribution in [1.82, 2.24) is 9.97 Å². The second-order valence-electron chi connectivity index (χ2n) is 3.43. The predicted octanol–water partition coefficient (Wildman–Crippen LogP) is 3.73. The van der Waals surface area contributed by atoms with E-state index in [1.165, 1.54) is 4.88 Å². The molecule has 2 aromatic heterocycles. The Morgan fingerprint density at radius 3 is 2.89 bits per heavy atom. The molecule has 18 heavy (non-hydrogen) atoms. The third kappa shape index (κ3) is 3.66. The minimum atomic E-state index is 0.534. The summed E-state index contributed by atoms with van der Waals surface area (Å²) in [5.74, 6) is 1.11. The number of halogens is 2. The van der Waals surface area contributed by atoms with Gasteiger partial charge in [0.15, 0.2) is 0 Å². The highest BCUT2D eigenvalue weighted by Gasteiger charge is 2.04. The van der Waals surface area contributed by atoms with Crippen LogP contribution in [0.5, 0.6) is 5.88 Å². The molecule has 0 fully saturated rings. The molecule has 0 aromatic carbocycles. The topological polar surface area (TPSA) is 47.0 Å². The second-order valence-corrected chi connectivity index (χ2v) is 6.84. The average Bonchev–Trinajstić information content (AvgIpc) is 2.77. The number of aromatic nitrogens is 2. The number of rotatable bonds is 5. The quantitative estimate of drug-likeness (QED) is 0.842. The number of anilines is 1. The summed E-state index contributed by atoms with van der Waals surface area (Å²) in [6, 6.07) is 4.17. The van der Waals surface area contributed by atoms with Crippen LogP contribution in [0.15, 0.2) is 26.6 Å². The van der Waals surface area contributed by atoms with Crippen LogP contribution in [0.1, 0.15) is 4.88 Å². The molecule has 2 heterocycles. The largest absolute Gasteiger partial charge is 0.480 e. The van der Waals surface area contributed by atoms with Crippen LogP contribution in [-0.4, -0.2) is 23.6 Å². The summed E-state index contributed by atoms with van der Waals surface area (Å²) in [5, 5.41) is 3.17. The van der Waals surface area contributed by atoms with Gasteiger partial charge >= 0.3 is 0 Å². The minimum Gasteiger partial charge on any atom is -0.480 e. The fourth-order valence-corrected chi connectivity index (χ4v) is 3.20. The van der Waals surface area contributed by atoms with Crippen molar-refractivity contribution in [3.05, 3.63) is 31.5 Å². The average molecular weight is 393 g/mol. The van der Waals surface area contributed by atoms with Gasteiger partial charge in [-0.1, -0.05) is 0 Å². The molecule has 1 N–H and O–H groups in total. The van der Waals surface area contributed by atoms with Crippen molar-refractivity contribution in [2.45, 2.75) is 6.42 Å². The van der Waals surface area contributed by atoms with Gasteiger partial charge in [0.2, 0.25) is 11.8 Å². The summed E-state index contributed by atoms with van der Waals surface area (Å²) in [5.41, 5.74) is 0. The Balaban J connectivity index is 1.90. The molecule has 0 aliphatic rings. The molecule has 96 valence electrons. The Labute approximate surface area is 126 Å². The highest BCUT2D eigenvalue weighted by molar-refractivity contribution is 9.11. The number of methoxy groups -OCH3 is 1. The van der Waals surface area contributed by atoms with Crippen molar-refractivity contribution in [3.63, 3.8) is 0 Å². The summed E-state index contributed by atoms with van der Waals surface area (Å²) in [6.07, 6.45) is 2.62. The first-order chi connectivity index (χ1) is 8.69. The van der Waals surface area contributed by atoms with E-state index >= 15 is 0 Å². The van der Waals surface area contributed by atoms with Crippen LogP contribution in [0.25, 0.3) is 0 Å². The molecule has 0 saturated carbocycles. The Bertz CT molecular complexity index is 533. The van der Waals surface area contributed by atoms with Gasteiger partial charge in [-0.25, -0.2) is 4.98 Å². The lowest BCUT2D eigenvalue weighted by molar-refractivity contribution is 0.394. The van der Waals surface area contributed by atoms with Crippen molar-refractivity contribution >= 4 is 49.1 Å². The molecule has 0 radical (unpaired) electrons. The molecule has 0 bridgehead atoms. The van der Waals surface area contributed by atoms with Crippen LogP contribution in [-0.2, 0) is 6.42 Å². The summed E-state index contributed by atoms with van der Waals surface area (Å²) >= 11 is 8.50. The van der Waals surface area contributed by atoms with Crippen LogP contribution in [0.2, 0.25) is 0 Å². The molecule has 0 unspecified atom stereocenters. The van der Waals surface area contributed by atoms with Gasteiger partial charge in [-0.2, -0.15) is 4.98 Å². The van der Waals surface area contributed by atoms with Gasteiger partial charge in [0.05, 0.1) is 21.6 Å². The number of thiophene rings is 1. The molecule has 4 nitrogen and oxygen atoms in total. The Morgan fingerprint density at radius 1 is 1.39 bits per heavy atom. The predicted molar refractivity (Wildman–Crippen MR) is 80.5 cm³/mol. The lowest BCUT2D eigenvalue weighted by Gasteiger charge is -2.06. The minimum absolute atomic E-state index is 0.534.